The molecule has 4 nitrogen and oxygen atoms in total. The van der Waals surface area contributed by atoms with Gasteiger partial charge in [0.2, 0.25) is 0 Å². The number of methoxy groups -OCH3 is 1. The predicted octanol–water partition coefficient (Wildman–Crippen LogP) is 0.722. The van der Waals surface area contributed by atoms with Gasteiger partial charge in [-0.15, -0.1) is 0 Å². The van der Waals surface area contributed by atoms with E-state index in [9.17, 15) is 0 Å². The lowest BCUT2D eigenvalue weighted by atomic mass is 10.2. The van der Waals surface area contributed by atoms with E-state index in [0.29, 0.717) is 12.1 Å². The normalized spacial score (nSPS) is 22.9. The van der Waals surface area contributed by atoms with Gasteiger partial charge >= 0.3 is 0 Å². The number of ether oxygens (including phenoxy) is 2. The van der Waals surface area contributed by atoms with Gasteiger partial charge < -0.3 is 19.7 Å². The van der Waals surface area contributed by atoms with Crippen molar-refractivity contribution in [2.75, 3.05) is 47.0 Å². The van der Waals surface area contributed by atoms with Crippen molar-refractivity contribution >= 4 is 0 Å². The maximum absolute atomic E-state index is 5.61. The molecule has 0 saturated carbocycles. The molecule has 0 spiro atoms. The third kappa shape index (κ3) is 5.80. The van der Waals surface area contributed by atoms with Crippen molar-refractivity contribution in [2.24, 2.45) is 0 Å². The fraction of sp³-hybridized carbons (Fsp3) is 1.00. The Morgan fingerprint density at radius 2 is 2.38 bits per heavy atom. The molecule has 1 aliphatic heterocycles. The Hall–Kier alpha value is -0.160. The van der Waals surface area contributed by atoms with Gasteiger partial charge in [0.1, 0.15) is 0 Å². The quantitative estimate of drug-likeness (QED) is 0.666. The van der Waals surface area contributed by atoms with Crippen molar-refractivity contribution in [3.63, 3.8) is 0 Å². The van der Waals surface area contributed by atoms with Crippen LogP contribution >= 0.6 is 0 Å². The van der Waals surface area contributed by atoms with Crippen LogP contribution in [-0.2, 0) is 9.47 Å². The molecule has 0 amide bonds. The van der Waals surface area contributed by atoms with E-state index in [1.165, 1.54) is 12.8 Å². The van der Waals surface area contributed by atoms with Gasteiger partial charge in [-0.3, -0.25) is 0 Å². The van der Waals surface area contributed by atoms with Gasteiger partial charge in [-0.1, -0.05) is 0 Å². The Balaban J connectivity index is 1.98. The molecule has 0 radical (unpaired) electrons. The molecule has 1 fully saturated rings. The summed E-state index contributed by atoms with van der Waals surface area (Å²) in [5.74, 6) is 0. The van der Waals surface area contributed by atoms with E-state index >= 15 is 0 Å². The molecule has 0 aromatic heterocycles. The smallest absolute Gasteiger partial charge is 0.0702 e. The van der Waals surface area contributed by atoms with Crippen LogP contribution < -0.4 is 5.32 Å². The van der Waals surface area contributed by atoms with Crippen molar-refractivity contribution in [1.82, 2.24) is 10.2 Å². The van der Waals surface area contributed by atoms with E-state index in [4.69, 9.17) is 9.47 Å². The minimum atomic E-state index is 0.432. The number of hydrogen-bond donors (Lipinski definition) is 1. The highest BCUT2D eigenvalue weighted by atomic mass is 16.5. The zero-order valence-corrected chi connectivity index (χ0v) is 10.9. The Morgan fingerprint density at radius 3 is 3.00 bits per heavy atom. The third-order valence-corrected chi connectivity index (χ3v) is 2.94. The summed E-state index contributed by atoms with van der Waals surface area (Å²) >= 11 is 0. The van der Waals surface area contributed by atoms with Crippen molar-refractivity contribution < 1.29 is 9.47 Å². The first-order valence-corrected chi connectivity index (χ1v) is 6.25. The van der Waals surface area contributed by atoms with Gasteiger partial charge in [-0.25, -0.2) is 0 Å². The van der Waals surface area contributed by atoms with Gasteiger partial charge in [0.05, 0.1) is 12.7 Å². The number of hydrogen-bond acceptors (Lipinski definition) is 4. The molecule has 2 unspecified atom stereocenters. The minimum absolute atomic E-state index is 0.432. The molecule has 0 aliphatic carbocycles. The first kappa shape index (κ1) is 13.9. The van der Waals surface area contributed by atoms with Gasteiger partial charge in [-0.2, -0.15) is 0 Å². The lowest BCUT2D eigenvalue weighted by Gasteiger charge is -2.21. The molecule has 1 rings (SSSR count). The summed E-state index contributed by atoms with van der Waals surface area (Å²) < 4.78 is 10.7. The third-order valence-electron chi connectivity index (χ3n) is 2.94. The van der Waals surface area contributed by atoms with Crippen molar-refractivity contribution in [3.05, 3.63) is 0 Å². The van der Waals surface area contributed by atoms with Gasteiger partial charge in [0.15, 0.2) is 0 Å². The molecule has 0 aromatic rings. The maximum Gasteiger partial charge on any atom is 0.0702 e. The zero-order chi connectivity index (χ0) is 11.8. The molecule has 4 heteroatoms. The van der Waals surface area contributed by atoms with E-state index in [0.717, 1.165) is 32.8 Å². The van der Waals surface area contributed by atoms with E-state index in [2.05, 4.69) is 24.2 Å². The van der Waals surface area contributed by atoms with Crippen LogP contribution in [0.15, 0.2) is 0 Å². The maximum atomic E-state index is 5.61. The molecular formula is C12H26N2O2. The number of nitrogens with zero attached hydrogens (tertiary/aromatic N) is 1. The van der Waals surface area contributed by atoms with Gasteiger partial charge in [0, 0.05) is 39.4 Å². The van der Waals surface area contributed by atoms with Crippen molar-refractivity contribution in [2.45, 2.75) is 31.9 Å². The van der Waals surface area contributed by atoms with Crippen LogP contribution in [0.25, 0.3) is 0 Å². The van der Waals surface area contributed by atoms with E-state index in [1.807, 2.05) is 0 Å². The Labute approximate surface area is 99.3 Å². The molecule has 16 heavy (non-hydrogen) atoms. The zero-order valence-electron chi connectivity index (χ0n) is 10.9. The Morgan fingerprint density at radius 1 is 1.56 bits per heavy atom. The molecule has 1 aliphatic rings. The summed E-state index contributed by atoms with van der Waals surface area (Å²) in [5, 5.41) is 3.43. The summed E-state index contributed by atoms with van der Waals surface area (Å²) in [7, 11) is 3.89. The molecule has 2 atom stereocenters. The molecular weight excluding hydrogens is 204 g/mol. The monoisotopic (exact) mass is 230 g/mol. The second-order valence-corrected chi connectivity index (χ2v) is 4.71. The Kier molecular flexibility index (Phi) is 6.96. The second kappa shape index (κ2) is 8.01. The van der Waals surface area contributed by atoms with Crippen LogP contribution in [0.2, 0.25) is 0 Å². The molecule has 0 bridgehead atoms. The first-order valence-electron chi connectivity index (χ1n) is 6.25. The summed E-state index contributed by atoms with van der Waals surface area (Å²) in [4.78, 5) is 2.34. The molecule has 0 aromatic carbocycles. The second-order valence-electron chi connectivity index (χ2n) is 4.71. The van der Waals surface area contributed by atoms with E-state index in [1.54, 1.807) is 7.11 Å². The highest BCUT2D eigenvalue weighted by Gasteiger charge is 2.16. The van der Waals surface area contributed by atoms with Crippen LogP contribution in [0.4, 0.5) is 0 Å². The molecule has 1 heterocycles. The first-order chi connectivity index (χ1) is 7.72. The molecule has 96 valence electrons. The van der Waals surface area contributed by atoms with Gasteiger partial charge in [-0.05, 0) is 26.8 Å². The molecule has 1 N–H and O–H groups in total. The van der Waals surface area contributed by atoms with Crippen LogP contribution in [0.3, 0.4) is 0 Å². The summed E-state index contributed by atoms with van der Waals surface area (Å²) in [6.45, 7) is 6.99. The van der Waals surface area contributed by atoms with Gasteiger partial charge in [0.25, 0.3) is 0 Å². The number of likely N-dealkylation sites (N-methyl/N-ethyl adjacent to an activating group) is 1. The highest BCUT2D eigenvalue weighted by molar-refractivity contribution is 4.69. The summed E-state index contributed by atoms with van der Waals surface area (Å²) in [6, 6.07) is 0.432. The molecule has 1 saturated heterocycles. The van der Waals surface area contributed by atoms with Crippen LogP contribution in [0, 0.1) is 0 Å². The minimum Gasteiger partial charge on any atom is -0.383 e. The van der Waals surface area contributed by atoms with Crippen molar-refractivity contribution in [1.29, 1.82) is 0 Å². The van der Waals surface area contributed by atoms with Crippen LogP contribution in [0.1, 0.15) is 19.8 Å². The average Bonchev–Trinajstić information content (AvgIpc) is 2.70. The fourth-order valence-corrected chi connectivity index (χ4v) is 2.04. The van der Waals surface area contributed by atoms with Crippen molar-refractivity contribution in [3.8, 4) is 0 Å². The lowest BCUT2D eigenvalue weighted by molar-refractivity contribution is 0.0809. The number of rotatable bonds is 8. The predicted molar refractivity (Wildman–Crippen MR) is 65.8 cm³/mol. The average molecular weight is 230 g/mol. The lowest BCUT2D eigenvalue weighted by Crippen LogP contribution is -2.38. The Bertz CT molecular complexity index is 172. The summed E-state index contributed by atoms with van der Waals surface area (Å²) in [5.41, 5.74) is 0. The number of nitrogens with one attached hydrogen (secondary N) is 1. The topological polar surface area (TPSA) is 33.7 Å². The standard InChI is InChI=1S/C12H26N2O2/c1-11(10-15-3)13-6-7-14(2)9-12-5-4-8-16-12/h11-13H,4-10H2,1-3H3. The highest BCUT2D eigenvalue weighted by Crippen LogP contribution is 2.12. The summed E-state index contributed by atoms with van der Waals surface area (Å²) in [6.07, 6.45) is 2.90. The van der Waals surface area contributed by atoms with E-state index < -0.39 is 0 Å². The van der Waals surface area contributed by atoms with Crippen LogP contribution in [0.5, 0.6) is 0 Å². The van der Waals surface area contributed by atoms with E-state index in [-0.39, 0.29) is 0 Å². The fourth-order valence-electron chi connectivity index (χ4n) is 2.04. The largest absolute Gasteiger partial charge is 0.383 e. The van der Waals surface area contributed by atoms with Crippen LogP contribution in [-0.4, -0.2) is 64.1 Å². The SMILES string of the molecule is COCC(C)NCCN(C)CC1CCCO1.